The molecule has 2 aromatic rings. The second kappa shape index (κ2) is 7.10. The molecule has 1 aromatic heterocycles. The molecule has 1 fully saturated rings. The summed E-state index contributed by atoms with van der Waals surface area (Å²) in [4.78, 5) is 14.6. The van der Waals surface area contributed by atoms with Crippen molar-refractivity contribution < 1.29 is 27.2 Å². The molecule has 0 N–H and O–H groups in total. The Morgan fingerprint density at radius 2 is 1.71 bits per heavy atom. The molecule has 10 heteroatoms. The van der Waals surface area contributed by atoms with E-state index in [1.807, 2.05) is 0 Å². The number of amides is 1. The van der Waals surface area contributed by atoms with Gasteiger partial charge in [0.1, 0.15) is 23.8 Å². The average Bonchev–Trinajstić information content (AvgIpc) is 3.06. The van der Waals surface area contributed by atoms with E-state index in [-0.39, 0.29) is 29.7 Å². The van der Waals surface area contributed by atoms with Crippen molar-refractivity contribution in [3.05, 3.63) is 35.2 Å². The van der Waals surface area contributed by atoms with Crippen LogP contribution in [-0.4, -0.2) is 68.1 Å². The molecule has 2 aliphatic rings. The van der Waals surface area contributed by atoms with E-state index in [4.69, 9.17) is 14.0 Å². The summed E-state index contributed by atoms with van der Waals surface area (Å²) < 4.78 is 43.1. The van der Waals surface area contributed by atoms with Crippen LogP contribution in [0.1, 0.15) is 21.8 Å². The van der Waals surface area contributed by atoms with E-state index in [1.54, 1.807) is 36.9 Å². The molecule has 1 saturated heterocycles. The summed E-state index contributed by atoms with van der Waals surface area (Å²) in [7, 11) is -3.70. The molecule has 0 spiro atoms. The van der Waals surface area contributed by atoms with Crippen molar-refractivity contribution in [2.24, 2.45) is 0 Å². The minimum absolute atomic E-state index is 0.110. The SMILES string of the molecule is Cc1noc(C)c1S(=O)(=O)N1CCN(C(=O)c2ccc3c(c2)OCCO3)CC1. The van der Waals surface area contributed by atoms with Gasteiger partial charge in [-0.05, 0) is 32.0 Å². The monoisotopic (exact) mass is 407 g/mol. The van der Waals surface area contributed by atoms with Crippen molar-refractivity contribution >= 4 is 15.9 Å². The second-order valence-corrected chi connectivity index (χ2v) is 8.58. The zero-order valence-electron chi connectivity index (χ0n) is 15.7. The fourth-order valence-corrected chi connectivity index (χ4v) is 5.18. The van der Waals surface area contributed by atoms with E-state index in [2.05, 4.69) is 5.16 Å². The van der Waals surface area contributed by atoms with Gasteiger partial charge in [-0.1, -0.05) is 5.16 Å². The van der Waals surface area contributed by atoms with Gasteiger partial charge in [-0.25, -0.2) is 8.42 Å². The van der Waals surface area contributed by atoms with E-state index >= 15 is 0 Å². The summed E-state index contributed by atoms with van der Waals surface area (Å²) in [5.41, 5.74) is 0.832. The number of sulfonamides is 1. The average molecular weight is 407 g/mol. The van der Waals surface area contributed by atoms with Crippen molar-refractivity contribution in [2.45, 2.75) is 18.7 Å². The molecule has 1 amide bonds. The first-order valence-electron chi connectivity index (χ1n) is 9.00. The van der Waals surface area contributed by atoms with E-state index in [0.29, 0.717) is 49.1 Å². The zero-order chi connectivity index (χ0) is 19.9. The molecule has 0 radical (unpaired) electrons. The third-order valence-electron chi connectivity index (χ3n) is 4.88. The zero-order valence-corrected chi connectivity index (χ0v) is 16.5. The van der Waals surface area contributed by atoms with Crippen LogP contribution >= 0.6 is 0 Å². The van der Waals surface area contributed by atoms with Gasteiger partial charge in [0.25, 0.3) is 5.91 Å². The first kappa shape index (κ1) is 18.8. The van der Waals surface area contributed by atoms with Crippen molar-refractivity contribution in [3.8, 4) is 11.5 Å². The van der Waals surface area contributed by atoms with Crippen molar-refractivity contribution in [1.29, 1.82) is 0 Å². The summed E-state index contributed by atoms with van der Waals surface area (Å²) in [6.07, 6.45) is 0. The number of aryl methyl sites for hydroxylation is 2. The highest BCUT2D eigenvalue weighted by Gasteiger charge is 2.34. The van der Waals surface area contributed by atoms with Crippen LogP contribution in [0.3, 0.4) is 0 Å². The molecule has 0 saturated carbocycles. The van der Waals surface area contributed by atoms with Gasteiger partial charge in [-0.3, -0.25) is 4.79 Å². The van der Waals surface area contributed by atoms with Gasteiger partial charge in [0, 0.05) is 31.7 Å². The third kappa shape index (κ3) is 3.22. The van der Waals surface area contributed by atoms with Crippen molar-refractivity contribution in [1.82, 2.24) is 14.4 Å². The number of rotatable bonds is 3. The van der Waals surface area contributed by atoms with Crippen LogP contribution in [0.15, 0.2) is 27.6 Å². The van der Waals surface area contributed by atoms with Crippen LogP contribution in [0.25, 0.3) is 0 Å². The quantitative estimate of drug-likeness (QED) is 0.753. The molecule has 3 heterocycles. The maximum absolute atomic E-state index is 12.9. The lowest BCUT2D eigenvalue weighted by Gasteiger charge is -2.34. The number of hydrogen-bond donors (Lipinski definition) is 0. The van der Waals surface area contributed by atoms with E-state index < -0.39 is 10.0 Å². The molecule has 0 bridgehead atoms. The molecule has 2 aliphatic heterocycles. The van der Waals surface area contributed by atoms with Crippen molar-refractivity contribution in [3.63, 3.8) is 0 Å². The van der Waals surface area contributed by atoms with Crippen LogP contribution in [0.4, 0.5) is 0 Å². The summed E-state index contributed by atoms with van der Waals surface area (Å²) in [5, 5.41) is 3.73. The predicted molar refractivity (Wildman–Crippen MR) is 98.1 cm³/mol. The topological polar surface area (TPSA) is 102 Å². The van der Waals surface area contributed by atoms with Gasteiger partial charge < -0.3 is 18.9 Å². The van der Waals surface area contributed by atoms with Gasteiger partial charge in [0.15, 0.2) is 17.3 Å². The lowest BCUT2D eigenvalue weighted by Crippen LogP contribution is -2.50. The van der Waals surface area contributed by atoms with E-state index in [9.17, 15) is 13.2 Å². The Bertz CT molecular complexity index is 989. The van der Waals surface area contributed by atoms with Crippen molar-refractivity contribution in [2.75, 3.05) is 39.4 Å². The van der Waals surface area contributed by atoms with Gasteiger partial charge >= 0.3 is 0 Å². The summed E-state index contributed by atoms with van der Waals surface area (Å²) in [6.45, 7) is 5.14. The molecule has 150 valence electrons. The predicted octanol–water partition coefficient (Wildman–Crippen LogP) is 1.21. The highest BCUT2D eigenvalue weighted by molar-refractivity contribution is 7.89. The molecule has 0 unspecified atom stereocenters. The third-order valence-corrected chi connectivity index (χ3v) is 7.02. The summed E-state index contributed by atoms with van der Waals surface area (Å²) in [6, 6.07) is 5.09. The Morgan fingerprint density at radius 1 is 1.04 bits per heavy atom. The summed E-state index contributed by atoms with van der Waals surface area (Å²) >= 11 is 0. The van der Waals surface area contributed by atoms with Crippen LogP contribution < -0.4 is 9.47 Å². The largest absolute Gasteiger partial charge is 0.486 e. The van der Waals surface area contributed by atoms with Crippen LogP contribution in [0.2, 0.25) is 0 Å². The minimum Gasteiger partial charge on any atom is -0.486 e. The summed E-state index contributed by atoms with van der Waals surface area (Å²) in [5.74, 6) is 1.29. The first-order valence-corrected chi connectivity index (χ1v) is 10.4. The lowest BCUT2D eigenvalue weighted by molar-refractivity contribution is 0.0696. The number of nitrogens with zero attached hydrogens (tertiary/aromatic N) is 3. The maximum Gasteiger partial charge on any atom is 0.254 e. The van der Waals surface area contributed by atoms with Crippen LogP contribution in [0.5, 0.6) is 11.5 Å². The van der Waals surface area contributed by atoms with Gasteiger partial charge in [0.2, 0.25) is 10.0 Å². The lowest BCUT2D eigenvalue weighted by atomic mass is 10.1. The van der Waals surface area contributed by atoms with Gasteiger partial charge in [-0.15, -0.1) is 0 Å². The Balaban J connectivity index is 1.46. The fraction of sp³-hybridized carbons (Fsp3) is 0.444. The van der Waals surface area contributed by atoms with Gasteiger partial charge in [-0.2, -0.15) is 4.31 Å². The van der Waals surface area contributed by atoms with Crippen LogP contribution in [0, 0.1) is 13.8 Å². The minimum atomic E-state index is -3.70. The standard InChI is InChI=1S/C18H21N3O6S/c1-12-17(13(2)27-19-12)28(23,24)21-7-5-20(6-8-21)18(22)14-3-4-15-16(11-14)26-10-9-25-15/h3-4,11H,5-10H2,1-2H3. The highest BCUT2D eigenvalue weighted by Crippen LogP contribution is 2.31. The number of fused-ring (bicyclic) bond motifs is 1. The number of ether oxygens (including phenoxy) is 2. The number of carbonyl (C=O) groups excluding carboxylic acids is 1. The fourth-order valence-electron chi connectivity index (χ4n) is 3.46. The molecular formula is C18H21N3O6S. The Labute approximate surface area is 162 Å². The molecule has 9 nitrogen and oxygen atoms in total. The molecule has 4 rings (SSSR count). The van der Waals surface area contributed by atoms with Gasteiger partial charge in [0.05, 0.1) is 0 Å². The maximum atomic E-state index is 12.9. The number of aromatic nitrogens is 1. The highest BCUT2D eigenvalue weighted by atomic mass is 32.2. The second-order valence-electron chi connectivity index (χ2n) is 6.71. The van der Waals surface area contributed by atoms with E-state index in [1.165, 1.54) is 4.31 Å². The van der Waals surface area contributed by atoms with E-state index in [0.717, 1.165) is 0 Å². The number of carbonyl (C=O) groups is 1. The Kier molecular flexibility index (Phi) is 4.76. The normalized spacial score (nSPS) is 17.6. The van der Waals surface area contributed by atoms with Crippen LogP contribution in [-0.2, 0) is 10.0 Å². The Hall–Kier alpha value is -2.59. The molecule has 28 heavy (non-hydrogen) atoms. The molecule has 0 aliphatic carbocycles. The number of piperazine rings is 1. The smallest absolute Gasteiger partial charge is 0.254 e. The molecule has 1 aromatic carbocycles. The Morgan fingerprint density at radius 3 is 2.36 bits per heavy atom. The molecular weight excluding hydrogens is 386 g/mol. The number of hydrogen-bond acceptors (Lipinski definition) is 7. The first-order chi connectivity index (χ1) is 13.4. The molecule has 0 atom stereocenters. The number of benzene rings is 1.